The second-order valence-electron chi connectivity index (χ2n) is 12.2. The molecule has 3 aromatic rings. The Balaban J connectivity index is 1.51. The van der Waals surface area contributed by atoms with Crippen molar-refractivity contribution in [3.8, 4) is 0 Å². The van der Waals surface area contributed by atoms with Gasteiger partial charge in [0, 0.05) is 49.6 Å². The van der Waals surface area contributed by atoms with Gasteiger partial charge in [-0.3, -0.25) is 9.69 Å². The van der Waals surface area contributed by atoms with Gasteiger partial charge in [-0.15, -0.1) is 0 Å². The van der Waals surface area contributed by atoms with Crippen LogP contribution in [0.3, 0.4) is 0 Å². The van der Waals surface area contributed by atoms with Crippen LogP contribution in [0.25, 0.3) is 0 Å². The minimum atomic E-state index is -3.70. The van der Waals surface area contributed by atoms with Gasteiger partial charge in [0.15, 0.2) is 9.84 Å². The fourth-order valence-electron chi connectivity index (χ4n) is 5.23. The highest BCUT2D eigenvalue weighted by Crippen LogP contribution is 2.17. The molecule has 8 nitrogen and oxygen atoms in total. The highest BCUT2D eigenvalue weighted by Gasteiger charge is 2.30. The molecule has 0 aliphatic carbocycles. The monoisotopic (exact) mass is 616 g/mol. The SMILES string of the molecule is CC(C)(C)N1CCN(C(=O)N[C@@H](Cc2ccccc2)C(=O)N[C@H](/C=C/S(=O)(=O)c2ccccc2)CCc2ccccc2)CC1. The maximum Gasteiger partial charge on any atom is 0.318 e. The van der Waals surface area contributed by atoms with Crippen molar-refractivity contribution in [2.75, 3.05) is 26.2 Å². The molecule has 0 bridgehead atoms. The number of carbonyl (C=O) groups is 2. The number of carbonyl (C=O) groups excluding carboxylic acids is 2. The van der Waals surface area contributed by atoms with Gasteiger partial charge in [-0.05, 0) is 56.9 Å². The first kappa shape index (κ1) is 33.0. The zero-order valence-electron chi connectivity index (χ0n) is 25.9. The molecule has 2 atom stereocenters. The summed E-state index contributed by atoms with van der Waals surface area (Å²) in [6, 6.07) is 25.9. The van der Waals surface area contributed by atoms with E-state index < -0.39 is 21.9 Å². The van der Waals surface area contributed by atoms with Gasteiger partial charge in [-0.1, -0.05) is 84.9 Å². The van der Waals surface area contributed by atoms with Crippen LogP contribution in [0.1, 0.15) is 38.3 Å². The molecule has 3 aromatic carbocycles. The van der Waals surface area contributed by atoms with Crippen molar-refractivity contribution in [2.45, 2.75) is 62.6 Å². The Bertz CT molecular complexity index is 1480. The van der Waals surface area contributed by atoms with Crippen molar-refractivity contribution in [2.24, 2.45) is 0 Å². The Kier molecular flexibility index (Phi) is 11.4. The maximum atomic E-state index is 13.8. The van der Waals surface area contributed by atoms with Gasteiger partial charge in [-0.2, -0.15) is 0 Å². The average molecular weight is 617 g/mol. The van der Waals surface area contributed by atoms with E-state index in [1.54, 1.807) is 35.2 Å². The predicted molar refractivity (Wildman–Crippen MR) is 175 cm³/mol. The summed E-state index contributed by atoms with van der Waals surface area (Å²) in [6.45, 7) is 9.15. The summed E-state index contributed by atoms with van der Waals surface area (Å²) >= 11 is 0. The van der Waals surface area contributed by atoms with E-state index in [-0.39, 0.29) is 22.4 Å². The number of amides is 3. The standard InChI is InChI=1S/C35H44N4O4S/c1-35(2,3)39-24-22-38(23-25-39)34(41)37-32(27-29-15-9-5-10-16-29)33(40)36-30(20-19-28-13-7-4-8-14-28)21-26-44(42,43)31-17-11-6-12-18-31/h4-18,21,26,30,32H,19-20,22-25,27H2,1-3H3,(H,36,40)(H,37,41)/b26-21+/t30-,32-/m0/s1. The van der Waals surface area contributed by atoms with E-state index in [0.29, 0.717) is 32.4 Å². The van der Waals surface area contributed by atoms with Crippen LogP contribution in [-0.2, 0) is 27.5 Å². The molecule has 1 fully saturated rings. The van der Waals surface area contributed by atoms with Gasteiger partial charge in [0.1, 0.15) is 6.04 Å². The summed E-state index contributed by atoms with van der Waals surface area (Å²) in [5, 5.41) is 7.18. The first-order valence-corrected chi connectivity index (χ1v) is 16.7. The number of rotatable bonds is 11. The number of hydrogen-bond donors (Lipinski definition) is 2. The van der Waals surface area contributed by atoms with Crippen molar-refractivity contribution in [1.29, 1.82) is 0 Å². The second kappa shape index (κ2) is 15.2. The number of nitrogens with zero attached hydrogens (tertiary/aromatic N) is 2. The van der Waals surface area contributed by atoms with E-state index in [1.807, 2.05) is 60.7 Å². The van der Waals surface area contributed by atoms with Gasteiger partial charge in [-0.25, -0.2) is 13.2 Å². The van der Waals surface area contributed by atoms with E-state index in [2.05, 4.69) is 36.3 Å². The minimum Gasteiger partial charge on any atom is -0.348 e. The Morgan fingerprint density at radius 1 is 0.795 bits per heavy atom. The number of benzene rings is 3. The third-order valence-corrected chi connectivity index (χ3v) is 9.33. The van der Waals surface area contributed by atoms with E-state index in [9.17, 15) is 18.0 Å². The molecule has 234 valence electrons. The molecule has 1 aliphatic heterocycles. The van der Waals surface area contributed by atoms with Crippen molar-refractivity contribution in [3.63, 3.8) is 0 Å². The third kappa shape index (κ3) is 9.79. The highest BCUT2D eigenvalue weighted by atomic mass is 32.2. The molecular weight excluding hydrogens is 572 g/mol. The molecular formula is C35H44N4O4S. The van der Waals surface area contributed by atoms with E-state index >= 15 is 0 Å². The average Bonchev–Trinajstić information content (AvgIpc) is 3.03. The maximum absolute atomic E-state index is 13.8. The van der Waals surface area contributed by atoms with E-state index in [1.165, 1.54) is 6.08 Å². The summed E-state index contributed by atoms with van der Waals surface area (Å²) in [5.74, 6) is -0.365. The lowest BCUT2D eigenvalue weighted by molar-refractivity contribution is -0.123. The number of piperazine rings is 1. The number of hydrogen-bond acceptors (Lipinski definition) is 5. The van der Waals surface area contributed by atoms with Crippen molar-refractivity contribution in [3.05, 3.63) is 114 Å². The van der Waals surface area contributed by atoms with Crippen LogP contribution in [-0.4, -0.2) is 74.0 Å². The van der Waals surface area contributed by atoms with Crippen LogP contribution in [0.2, 0.25) is 0 Å². The molecule has 0 aromatic heterocycles. The molecule has 9 heteroatoms. The molecule has 1 heterocycles. The van der Waals surface area contributed by atoms with Crippen LogP contribution in [0.15, 0.2) is 107 Å². The lowest BCUT2D eigenvalue weighted by Crippen LogP contribution is -2.59. The quantitative estimate of drug-likeness (QED) is 0.322. The first-order chi connectivity index (χ1) is 21.0. The summed E-state index contributed by atoms with van der Waals surface area (Å²) < 4.78 is 26.0. The normalized spacial score (nSPS) is 15.9. The number of aryl methyl sites for hydroxylation is 1. The molecule has 1 aliphatic rings. The van der Waals surface area contributed by atoms with Crippen LogP contribution in [0, 0.1) is 0 Å². The number of urea groups is 1. The lowest BCUT2D eigenvalue weighted by Gasteiger charge is -2.42. The number of sulfone groups is 1. The zero-order chi connectivity index (χ0) is 31.6. The molecule has 2 N–H and O–H groups in total. The minimum absolute atomic E-state index is 0.0224. The van der Waals surface area contributed by atoms with Gasteiger partial charge in [0.25, 0.3) is 0 Å². The fraction of sp³-hybridized carbons (Fsp3) is 0.371. The highest BCUT2D eigenvalue weighted by molar-refractivity contribution is 7.94. The topological polar surface area (TPSA) is 98.8 Å². The fourth-order valence-corrected chi connectivity index (χ4v) is 6.32. The summed E-state index contributed by atoms with van der Waals surface area (Å²) in [7, 11) is -3.70. The van der Waals surface area contributed by atoms with Gasteiger partial charge in [0.2, 0.25) is 5.91 Å². The molecule has 4 rings (SSSR count). The van der Waals surface area contributed by atoms with Crippen molar-refractivity contribution >= 4 is 21.8 Å². The molecule has 0 radical (unpaired) electrons. The molecule has 0 unspecified atom stereocenters. The largest absolute Gasteiger partial charge is 0.348 e. The Morgan fingerprint density at radius 2 is 1.34 bits per heavy atom. The predicted octanol–water partition coefficient (Wildman–Crippen LogP) is 4.83. The van der Waals surface area contributed by atoms with Gasteiger partial charge < -0.3 is 15.5 Å². The van der Waals surface area contributed by atoms with Gasteiger partial charge >= 0.3 is 6.03 Å². The van der Waals surface area contributed by atoms with E-state index in [4.69, 9.17) is 0 Å². The molecule has 3 amide bonds. The van der Waals surface area contributed by atoms with Crippen LogP contribution < -0.4 is 10.6 Å². The summed E-state index contributed by atoms with van der Waals surface area (Å²) in [4.78, 5) is 31.5. The number of nitrogens with one attached hydrogen (secondary N) is 2. The first-order valence-electron chi connectivity index (χ1n) is 15.2. The molecule has 0 saturated carbocycles. The molecule has 1 saturated heterocycles. The summed E-state index contributed by atoms with van der Waals surface area (Å²) in [5.41, 5.74) is 2.01. The molecule has 0 spiro atoms. The third-order valence-electron chi connectivity index (χ3n) is 7.89. The van der Waals surface area contributed by atoms with E-state index in [0.717, 1.165) is 29.6 Å². The lowest BCUT2D eigenvalue weighted by atomic mass is 10.0. The van der Waals surface area contributed by atoms with Gasteiger partial charge in [0.05, 0.1) is 4.90 Å². The Morgan fingerprint density at radius 3 is 1.91 bits per heavy atom. The second-order valence-corrected chi connectivity index (χ2v) is 14.0. The zero-order valence-corrected chi connectivity index (χ0v) is 26.7. The van der Waals surface area contributed by atoms with Crippen LogP contribution in [0.5, 0.6) is 0 Å². The van der Waals surface area contributed by atoms with Crippen molar-refractivity contribution < 1.29 is 18.0 Å². The molecule has 44 heavy (non-hydrogen) atoms. The smallest absolute Gasteiger partial charge is 0.318 e. The van der Waals surface area contributed by atoms with Crippen LogP contribution in [0.4, 0.5) is 4.79 Å². The van der Waals surface area contributed by atoms with Crippen molar-refractivity contribution in [1.82, 2.24) is 20.4 Å². The van der Waals surface area contributed by atoms with Crippen LogP contribution >= 0.6 is 0 Å². The summed E-state index contributed by atoms with van der Waals surface area (Å²) in [6.07, 6.45) is 2.96. The Hall–Kier alpha value is -3.95. The Labute approximate surface area is 262 Å².